The molecule has 5 heteroatoms. The third kappa shape index (κ3) is 3.85. The summed E-state index contributed by atoms with van der Waals surface area (Å²) in [7, 11) is 0. The van der Waals surface area contributed by atoms with Gasteiger partial charge in [0.2, 0.25) is 5.91 Å². The van der Waals surface area contributed by atoms with Crippen molar-refractivity contribution in [2.45, 2.75) is 0 Å². The number of aromatic nitrogens is 1. The molecular weight excluding hydrogens is 292 g/mol. The van der Waals surface area contributed by atoms with Crippen LogP contribution in [-0.4, -0.2) is 10.9 Å². The van der Waals surface area contributed by atoms with Crippen LogP contribution in [0.3, 0.4) is 0 Å². The molecule has 1 heterocycles. The Bertz CT molecular complexity index is 802. The highest BCUT2D eigenvalue weighted by Gasteiger charge is 2.04. The number of hydrogen-bond donors (Lipinski definition) is 1. The molecule has 2 aromatic carbocycles. The first kappa shape index (κ1) is 14.6. The Morgan fingerprint density at radius 1 is 0.783 bits per heavy atom. The number of pyridine rings is 1. The van der Waals surface area contributed by atoms with Gasteiger partial charge in [0.25, 0.3) is 0 Å². The van der Waals surface area contributed by atoms with Crippen LogP contribution in [0, 0.1) is 0 Å². The summed E-state index contributed by atoms with van der Waals surface area (Å²) in [5, 5.41) is 0. The van der Waals surface area contributed by atoms with Gasteiger partial charge in [-0.2, -0.15) is 0 Å². The average Bonchev–Trinajstić information content (AvgIpc) is 2.58. The molecule has 0 fully saturated rings. The molecule has 0 radical (unpaired) electrons. The lowest BCUT2D eigenvalue weighted by atomic mass is 10.2. The number of carbonyl (C=O) groups is 1. The molecule has 0 unspecified atom stereocenters. The third-order valence-electron chi connectivity index (χ3n) is 3.04. The number of rotatable bonds is 5. The van der Waals surface area contributed by atoms with E-state index in [4.69, 9.17) is 15.2 Å². The van der Waals surface area contributed by atoms with Crippen LogP contribution >= 0.6 is 0 Å². The molecule has 1 aromatic heterocycles. The summed E-state index contributed by atoms with van der Waals surface area (Å²) in [4.78, 5) is 15.1. The van der Waals surface area contributed by atoms with Gasteiger partial charge in [-0.3, -0.25) is 9.78 Å². The minimum atomic E-state index is -0.547. The molecule has 2 N–H and O–H groups in total. The predicted octanol–water partition coefficient (Wildman–Crippen LogP) is 3.77. The van der Waals surface area contributed by atoms with E-state index < -0.39 is 5.91 Å². The lowest BCUT2D eigenvalue weighted by molar-refractivity contribution is 0.0999. The maximum Gasteiger partial charge on any atom is 0.250 e. The van der Waals surface area contributed by atoms with Gasteiger partial charge in [0, 0.05) is 6.20 Å². The Labute approximate surface area is 133 Å². The zero-order valence-corrected chi connectivity index (χ0v) is 12.2. The molecule has 0 aliphatic carbocycles. The molecule has 0 aliphatic rings. The smallest absolute Gasteiger partial charge is 0.250 e. The van der Waals surface area contributed by atoms with Crippen molar-refractivity contribution in [3.63, 3.8) is 0 Å². The van der Waals surface area contributed by atoms with Gasteiger partial charge in [0.05, 0.1) is 11.8 Å². The normalized spacial score (nSPS) is 10.1. The van der Waals surface area contributed by atoms with Crippen molar-refractivity contribution in [1.82, 2.24) is 4.98 Å². The Hall–Kier alpha value is -3.34. The zero-order valence-electron chi connectivity index (χ0n) is 12.2. The van der Waals surface area contributed by atoms with Gasteiger partial charge in [0.15, 0.2) is 0 Å². The van der Waals surface area contributed by atoms with Crippen molar-refractivity contribution in [3.05, 3.63) is 78.6 Å². The minimum absolute atomic E-state index is 0.298. The Kier molecular flexibility index (Phi) is 4.20. The molecule has 0 atom stereocenters. The summed E-state index contributed by atoms with van der Waals surface area (Å²) >= 11 is 0. The van der Waals surface area contributed by atoms with E-state index in [0.29, 0.717) is 22.8 Å². The predicted molar refractivity (Wildman–Crippen MR) is 85.8 cm³/mol. The van der Waals surface area contributed by atoms with E-state index in [1.165, 1.54) is 12.4 Å². The number of hydrogen-bond acceptors (Lipinski definition) is 4. The second kappa shape index (κ2) is 6.62. The van der Waals surface area contributed by atoms with E-state index in [-0.39, 0.29) is 0 Å². The maximum absolute atomic E-state index is 11.1. The molecule has 114 valence electrons. The highest BCUT2D eigenvalue weighted by Crippen LogP contribution is 2.26. The first-order valence-corrected chi connectivity index (χ1v) is 6.96. The van der Waals surface area contributed by atoms with Crippen LogP contribution in [0.5, 0.6) is 23.0 Å². The van der Waals surface area contributed by atoms with Crippen molar-refractivity contribution < 1.29 is 14.3 Å². The number of carbonyl (C=O) groups excluding carboxylic acids is 1. The molecule has 0 aliphatic heterocycles. The first-order chi connectivity index (χ1) is 11.2. The Morgan fingerprint density at radius 3 is 1.96 bits per heavy atom. The standard InChI is InChI=1S/C18H14N2O3/c19-18(21)13-10-17(12-20-11-13)23-16-8-6-15(7-9-16)22-14-4-2-1-3-5-14/h1-12H,(H2,19,21). The quantitative estimate of drug-likeness (QED) is 0.778. The van der Waals surface area contributed by atoms with E-state index in [1.54, 1.807) is 30.3 Å². The number of nitrogens with zero attached hydrogens (tertiary/aromatic N) is 1. The molecule has 0 saturated heterocycles. The molecule has 1 amide bonds. The van der Waals surface area contributed by atoms with Gasteiger partial charge < -0.3 is 15.2 Å². The third-order valence-corrected chi connectivity index (χ3v) is 3.04. The van der Waals surface area contributed by atoms with Gasteiger partial charge in [-0.25, -0.2) is 0 Å². The van der Waals surface area contributed by atoms with E-state index in [0.717, 1.165) is 5.75 Å². The van der Waals surface area contributed by atoms with E-state index >= 15 is 0 Å². The molecule has 0 bridgehead atoms. The SMILES string of the molecule is NC(=O)c1cncc(Oc2ccc(Oc3ccccc3)cc2)c1. The van der Waals surface area contributed by atoms with Crippen molar-refractivity contribution in [1.29, 1.82) is 0 Å². The van der Waals surface area contributed by atoms with Crippen LogP contribution in [0.1, 0.15) is 10.4 Å². The summed E-state index contributed by atoms with van der Waals surface area (Å²) in [6, 6.07) is 18.2. The van der Waals surface area contributed by atoms with Crippen LogP contribution in [0.25, 0.3) is 0 Å². The number of para-hydroxylation sites is 1. The highest BCUT2D eigenvalue weighted by atomic mass is 16.5. The van der Waals surface area contributed by atoms with Crippen LogP contribution in [0.4, 0.5) is 0 Å². The van der Waals surface area contributed by atoms with Crippen LogP contribution < -0.4 is 15.2 Å². The fraction of sp³-hybridized carbons (Fsp3) is 0. The average molecular weight is 306 g/mol. The van der Waals surface area contributed by atoms with Crippen LogP contribution in [0.15, 0.2) is 73.1 Å². The molecule has 0 saturated carbocycles. The lowest BCUT2D eigenvalue weighted by Crippen LogP contribution is -2.11. The summed E-state index contributed by atoms with van der Waals surface area (Å²) in [5.41, 5.74) is 5.52. The number of amides is 1. The van der Waals surface area contributed by atoms with Gasteiger partial charge in [-0.05, 0) is 42.5 Å². The van der Waals surface area contributed by atoms with Crippen LogP contribution in [-0.2, 0) is 0 Å². The number of benzene rings is 2. The topological polar surface area (TPSA) is 74.4 Å². The lowest BCUT2D eigenvalue weighted by Gasteiger charge is -2.08. The largest absolute Gasteiger partial charge is 0.457 e. The summed E-state index contributed by atoms with van der Waals surface area (Å²) in [6.07, 6.45) is 2.91. The first-order valence-electron chi connectivity index (χ1n) is 6.96. The van der Waals surface area contributed by atoms with Crippen molar-refractivity contribution in [3.8, 4) is 23.0 Å². The Morgan fingerprint density at radius 2 is 1.35 bits per heavy atom. The molecule has 0 spiro atoms. The summed E-state index contributed by atoms with van der Waals surface area (Å²) < 4.78 is 11.4. The van der Waals surface area contributed by atoms with Gasteiger partial charge in [-0.15, -0.1) is 0 Å². The number of ether oxygens (including phenoxy) is 2. The maximum atomic E-state index is 11.1. The van der Waals surface area contributed by atoms with Gasteiger partial charge in [-0.1, -0.05) is 18.2 Å². The second-order valence-corrected chi connectivity index (χ2v) is 4.76. The minimum Gasteiger partial charge on any atom is -0.457 e. The van der Waals surface area contributed by atoms with E-state index in [9.17, 15) is 4.79 Å². The summed E-state index contributed by atoms with van der Waals surface area (Å²) in [5.74, 6) is 1.97. The van der Waals surface area contributed by atoms with Crippen molar-refractivity contribution in [2.75, 3.05) is 0 Å². The summed E-state index contributed by atoms with van der Waals surface area (Å²) in [6.45, 7) is 0. The zero-order chi connectivity index (χ0) is 16.1. The molecule has 3 rings (SSSR count). The number of nitrogens with two attached hydrogens (primary N) is 1. The molecule has 23 heavy (non-hydrogen) atoms. The van der Waals surface area contributed by atoms with E-state index in [1.807, 2.05) is 30.3 Å². The van der Waals surface area contributed by atoms with Crippen LogP contribution in [0.2, 0.25) is 0 Å². The second-order valence-electron chi connectivity index (χ2n) is 4.76. The van der Waals surface area contributed by atoms with Crippen molar-refractivity contribution >= 4 is 5.91 Å². The number of primary amides is 1. The van der Waals surface area contributed by atoms with Crippen molar-refractivity contribution in [2.24, 2.45) is 5.73 Å². The van der Waals surface area contributed by atoms with E-state index in [2.05, 4.69) is 4.98 Å². The Balaban J connectivity index is 1.70. The monoisotopic (exact) mass is 306 g/mol. The highest BCUT2D eigenvalue weighted by molar-refractivity contribution is 5.92. The fourth-order valence-electron chi connectivity index (χ4n) is 1.95. The van der Waals surface area contributed by atoms with Gasteiger partial charge in [0.1, 0.15) is 23.0 Å². The molecule has 3 aromatic rings. The molecule has 5 nitrogen and oxygen atoms in total. The van der Waals surface area contributed by atoms with Gasteiger partial charge >= 0.3 is 0 Å². The molecular formula is C18H14N2O3. The fourth-order valence-corrected chi connectivity index (χ4v) is 1.95.